The zero-order valence-corrected chi connectivity index (χ0v) is 7.99. The summed E-state index contributed by atoms with van der Waals surface area (Å²) in [5.41, 5.74) is 1.51. The van der Waals surface area contributed by atoms with Crippen molar-refractivity contribution in [1.29, 1.82) is 0 Å². The molecule has 1 fully saturated rings. The Hall–Kier alpha value is -1.16. The molecule has 0 aromatic carbocycles. The standard InChI is InChI=1S/C10H13N3O/c1-3-10(11-5-1)4-2-8(6-10)9-13-12-7-14-9/h2,7,11H,1,3-6H2. The minimum absolute atomic E-state index is 0.309. The second-order valence-electron chi connectivity index (χ2n) is 4.16. The molecule has 1 atom stereocenters. The van der Waals surface area contributed by atoms with Crippen molar-refractivity contribution in [1.82, 2.24) is 15.5 Å². The van der Waals surface area contributed by atoms with Crippen LogP contribution in [0.1, 0.15) is 31.6 Å². The predicted octanol–water partition coefficient (Wildman–Crippen LogP) is 1.37. The number of aromatic nitrogens is 2. The van der Waals surface area contributed by atoms with Gasteiger partial charge in [-0.25, -0.2) is 0 Å². The topological polar surface area (TPSA) is 51.0 Å². The molecule has 3 rings (SSSR count). The summed E-state index contributed by atoms with van der Waals surface area (Å²) in [7, 11) is 0. The maximum absolute atomic E-state index is 5.20. The molecule has 4 nitrogen and oxygen atoms in total. The van der Waals surface area contributed by atoms with Crippen LogP contribution in [0.2, 0.25) is 0 Å². The first-order valence-corrected chi connectivity index (χ1v) is 5.09. The molecule has 14 heavy (non-hydrogen) atoms. The van der Waals surface area contributed by atoms with Gasteiger partial charge in [-0.1, -0.05) is 6.08 Å². The van der Waals surface area contributed by atoms with Crippen LogP contribution in [0.15, 0.2) is 16.9 Å². The molecule has 1 aromatic heterocycles. The first-order valence-electron chi connectivity index (χ1n) is 5.09. The van der Waals surface area contributed by atoms with E-state index in [4.69, 9.17) is 4.42 Å². The van der Waals surface area contributed by atoms with E-state index in [1.54, 1.807) is 0 Å². The van der Waals surface area contributed by atoms with Gasteiger partial charge in [-0.15, -0.1) is 10.2 Å². The molecule has 0 amide bonds. The molecular weight excluding hydrogens is 178 g/mol. The van der Waals surface area contributed by atoms with Crippen LogP contribution in [0.3, 0.4) is 0 Å². The SMILES string of the molecule is C1=C(c2nnco2)CC2(C1)CCCN2. The van der Waals surface area contributed by atoms with Crippen molar-refractivity contribution in [3.05, 3.63) is 18.4 Å². The number of nitrogens with one attached hydrogen (secondary N) is 1. The second kappa shape index (κ2) is 2.92. The number of hydrogen-bond acceptors (Lipinski definition) is 4. The van der Waals surface area contributed by atoms with Gasteiger partial charge in [0.05, 0.1) is 0 Å². The van der Waals surface area contributed by atoms with Crippen molar-refractivity contribution >= 4 is 5.57 Å². The van der Waals surface area contributed by atoms with Gasteiger partial charge >= 0.3 is 0 Å². The molecule has 4 heteroatoms. The van der Waals surface area contributed by atoms with E-state index in [0.29, 0.717) is 11.4 Å². The van der Waals surface area contributed by atoms with Crippen LogP contribution in [0.4, 0.5) is 0 Å². The summed E-state index contributed by atoms with van der Waals surface area (Å²) in [6, 6.07) is 0. The summed E-state index contributed by atoms with van der Waals surface area (Å²) in [6.07, 6.45) is 8.31. The van der Waals surface area contributed by atoms with Gasteiger partial charge < -0.3 is 9.73 Å². The third kappa shape index (κ3) is 1.18. The molecule has 1 spiro atoms. The van der Waals surface area contributed by atoms with Crippen molar-refractivity contribution in [2.45, 2.75) is 31.2 Å². The number of rotatable bonds is 1. The lowest BCUT2D eigenvalue weighted by Crippen LogP contribution is -2.36. The Labute approximate surface area is 82.4 Å². The molecule has 0 bridgehead atoms. The summed E-state index contributed by atoms with van der Waals surface area (Å²) in [5.74, 6) is 0.690. The van der Waals surface area contributed by atoms with Crippen LogP contribution in [-0.4, -0.2) is 22.3 Å². The van der Waals surface area contributed by atoms with Gasteiger partial charge in [0, 0.05) is 11.1 Å². The van der Waals surface area contributed by atoms with Gasteiger partial charge in [-0.3, -0.25) is 0 Å². The third-order valence-corrected chi connectivity index (χ3v) is 3.23. The number of nitrogens with zero attached hydrogens (tertiary/aromatic N) is 2. The number of hydrogen-bond donors (Lipinski definition) is 1. The average Bonchev–Trinajstić information content (AvgIpc) is 2.91. The summed E-state index contributed by atoms with van der Waals surface area (Å²) < 4.78 is 5.20. The van der Waals surface area contributed by atoms with E-state index in [1.165, 1.54) is 24.8 Å². The van der Waals surface area contributed by atoms with Crippen molar-refractivity contribution in [2.75, 3.05) is 6.54 Å². The highest BCUT2D eigenvalue weighted by Gasteiger charge is 2.38. The highest BCUT2D eigenvalue weighted by Crippen LogP contribution is 2.39. The largest absolute Gasteiger partial charge is 0.424 e. The Bertz CT molecular complexity index is 349. The lowest BCUT2D eigenvalue weighted by atomic mass is 9.93. The molecule has 0 radical (unpaired) electrons. The van der Waals surface area contributed by atoms with Gasteiger partial charge in [0.2, 0.25) is 12.3 Å². The van der Waals surface area contributed by atoms with Gasteiger partial charge in [-0.2, -0.15) is 0 Å². The first kappa shape index (κ1) is 8.17. The second-order valence-corrected chi connectivity index (χ2v) is 4.16. The molecule has 2 heterocycles. The van der Waals surface area contributed by atoms with Crippen molar-refractivity contribution < 1.29 is 4.42 Å². The smallest absolute Gasteiger partial charge is 0.243 e. The highest BCUT2D eigenvalue weighted by atomic mass is 16.4. The van der Waals surface area contributed by atoms with Gasteiger partial charge in [-0.05, 0) is 32.2 Å². The Morgan fingerprint density at radius 2 is 2.50 bits per heavy atom. The lowest BCUT2D eigenvalue weighted by Gasteiger charge is -2.23. The zero-order valence-electron chi connectivity index (χ0n) is 7.99. The minimum Gasteiger partial charge on any atom is -0.424 e. The lowest BCUT2D eigenvalue weighted by molar-refractivity contribution is 0.403. The molecular formula is C10H13N3O. The zero-order chi connectivity index (χ0) is 9.43. The Balaban J connectivity index is 1.80. The summed E-state index contributed by atoms with van der Waals surface area (Å²) >= 11 is 0. The highest BCUT2D eigenvalue weighted by molar-refractivity contribution is 5.62. The van der Waals surface area contributed by atoms with Crippen molar-refractivity contribution in [3.8, 4) is 0 Å². The van der Waals surface area contributed by atoms with E-state index in [9.17, 15) is 0 Å². The van der Waals surface area contributed by atoms with Crippen LogP contribution >= 0.6 is 0 Å². The normalized spacial score (nSPS) is 31.3. The molecule has 1 saturated heterocycles. The van der Waals surface area contributed by atoms with Crippen LogP contribution in [-0.2, 0) is 0 Å². The minimum atomic E-state index is 0.309. The maximum atomic E-state index is 5.20. The van der Waals surface area contributed by atoms with Gasteiger partial charge in [0.25, 0.3) is 0 Å². The molecule has 74 valence electrons. The molecule has 0 saturated carbocycles. The quantitative estimate of drug-likeness (QED) is 0.728. The van der Waals surface area contributed by atoms with Crippen LogP contribution in [0.5, 0.6) is 0 Å². The van der Waals surface area contributed by atoms with E-state index in [2.05, 4.69) is 21.6 Å². The van der Waals surface area contributed by atoms with E-state index in [0.717, 1.165) is 19.4 Å². The van der Waals surface area contributed by atoms with E-state index >= 15 is 0 Å². The van der Waals surface area contributed by atoms with Crippen molar-refractivity contribution in [2.24, 2.45) is 0 Å². The monoisotopic (exact) mass is 191 g/mol. The molecule has 1 aliphatic carbocycles. The molecule has 2 aliphatic rings. The molecule has 1 unspecified atom stereocenters. The maximum Gasteiger partial charge on any atom is 0.243 e. The summed E-state index contributed by atoms with van der Waals surface area (Å²) in [4.78, 5) is 0. The van der Waals surface area contributed by atoms with E-state index in [-0.39, 0.29) is 0 Å². The molecule has 1 aliphatic heterocycles. The Morgan fingerprint density at radius 3 is 3.21 bits per heavy atom. The summed E-state index contributed by atoms with van der Waals surface area (Å²) in [6.45, 7) is 1.14. The molecule has 1 N–H and O–H groups in total. The van der Waals surface area contributed by atoms with E-state index in [1.807, 2.05) is 0 Å². The van der Waals surface area contributed by atoms with Crippen molar-refractivity contribution in [3.63, 3.8) is 0 Å². The fraction of sp³-hybridized carbons (Fsp3) is 0.600. The first-order chi connectivity index (χ1) is 6.88. The Morgan fingerprint density at radius 1 is 1.50 bits per heavy atom. The molecule has 1 aromatic rings. The van der Waals surface area contributed by atoms with E-state index < -0.39 is 0 Å². The van der Waals surface area contributed by atoms with Crippen LogP contribution in [0, 0.1) is 0 Å². The fourth-order valence-electron chi connectivity index (χ4n) is 2.50. The fourth-order valence-corrected chi connectivity index (χ4v) is 2.50. The Kier molecular flexibility index (Phi) is 1.70. The average molecular weight is 191 g/mol. The van der Waals surface area contributed by atoms with Crippen LogP contribution in [0.25, 0.3) is 5.57 Å². The third-order valence-electron chi connectivity index (χ3n) is 3.23. The van der Waals surface area contributed by atoms with Gasteiger partial charge in [0.15, 0.2) is 0 Å². The predicted molar refractivity (Wildman–Crippen MR) is 51.5 cm³/mol. The van der Waals surface area contributed by atoms with Crippen LogP contribution < -0.4 is 5.32 Å². The summed E-state index contributed by atoms with van der Waals surface area (Å²) in [5, 5.41) is 11.2. The van der Waals surface area contributed by atoms with Gasteiger partial charge in [0.1, 0.15) is 0 Å².